The first-order valence-corrected chi connectivity index (χ1v) is 7.27. The van der Waals surface area contributed by atoms with E-state index in [0.717, 1.165) is 5.56 Å². The third-order valence-electron chi connectivity index (χ3n) is 2.68. The van der Waals surface area contributed by atoms with Crippen molar-refractivity contribution in [1.29, 1.82) is 0 Å². The molecular weight excluding hydrogens is 304 g/mol. The van der Waals surface area contributed by atoms with Crippen molar-refractivity contribution in [3.63, 3.8) is 0 Å². The lowest BCUT2D eigenvalue weighted by molar-refractivity contribution is -0.139. The van der Waals surface area contributed by atoms with E-state index in [9.17, 15) is 9.59 Å². The zero-order valence-electron chi connectivity index (χ0n) is 11.8. The minimum Gasteiger partial charge on any atom is -0.482 e. The molecule has 6 nitrogen and oxygen atoms in total. The summed E-state index contributed by atoms with van der Waals surface area (Å²) in [6.45, 7) is 1.33. The minimum atomic E-state index is -1.04. The highest BCUT2D eigenvalue weighted by atomic mass is 32.1. The van der Waals surface area contributed by atoms with Crippen LogP contribution in [-0.2, 0) is 4.79 Å². The van der Waals surface area contributed by atoms with Crippen LogP contribution in [0.4, 0.5) is 0 Å². The molecule has 0 saturated heterocycles. The zero-order chi connectivity index (χ0) is 15.9. The van der Waals surface area contributed by atoms with E-state index in [1.807, 2.05) is 5.38 Å². The van der Waals surface area contributed by atoms with Gasteiger partial charge in [0.05, 0.1) is 10.6 Å². The van der Waals surface area contributed by atoms with Gasteiger partial charge in [-0.2, -0.15) is 5.10 Å². The molecule has 1 heterocycles. The van der Waals surface area contributed by atoms with Crippen molar-refractivity contribution in [1.82, 2.24) is 5.43 Å². The molecule has 0 aliphatic carbocycles. The number of rotatable bonds is 6. The van der Waals surface area contributed by atoms with Gasteiger partial charge in [0.1, 0.15) is 5.75 Å². The van der Waals surface area contributed by atoms with Crippen LogP contribution in [0.2, 0.25) is 0 Å². The van der Waals surface area contributed by atoms with E-state index < -0.39 is 12.6 Å². The number of ether oxygens (including phenoxy) is 1. The summed E-state index contributed by atoms with van der Waals surface area (Å²) in [5, 5.41) is 14.4. The maximum Gasteiger partial charge on any atom is 0.341 e. The third-order valence-corrected chi connectivity index (χ3v) is 3.55. The standard InChI is InChI=1S/C15H14N2O4S/c1-10(16-17-15(20)13-6-3-7-22-13)11-4-2-5-12(8-11)21-9-14(18)19/h2-8H,9H2,1H3,(H,17,20)(H,18,19)/b16-10+. The molecule has 0 fully saturated rings. The highest BCUT2D eigenvalue weighted by Gasteiger charge is 2.06. The number of carbonyl (C=O) groups excluding carboxylic acids is 1. The summed E-state index contributed by atoms with van der Waals surface area (Å²) < 4.78 is 5.10. The normalized spacial score (nSPS) is 11.0. The second-order valence-corrected chi connectivity index (χ2v) is 5.27. The second kappa shape index (κ2) is 7.37. The lowest BCUT2D eigenvalue weighted by Gasteiger charge is -2.06. The maximum absolute atomic E-state index is 11.8. The molecule has 0 saturated carbocycles. The largest absolute Gasteiger partial charge is 0.482 e. The Labute approximate surface area is 131 Å². The Morgan fingerprint density at radius 3 is 2.82 bits per heavy atom. The van der Waals surface area contributed by atoms with Crippen LogP contribution in [0.25, 0.3) is 0 Å². The molecule has 22 heavy (non-hydrogen) atoms. The number of hydrogen-bond donors (Lipinski definition) is 2. The van der Waals surface area contributed by atoms with E-state index in [1.165, 1.54) is 11.3 Å². The van der Waals surface area contributed by atoms with Crippen LogP contribution in [-0.4, -0.2) is 29.3 Å². The highest BCUT2D eigenvalue weighted by Crippen LogP contribution is 2.14. The van der Waals surface area contributed by atoms with Crippen LogP contribution in [0.1, 0.15) is 22.2 Å². The number of nitrogens with zero attached hydrogens (tertiary/aromatic N) is 1. The molecule has 0 bridgehead atoms. The monoisotopic (exact) mass is 318 g/mol. The number of aliphatic carboxylic acids is 1. The van der Waals surface area contributed by atoms with Gasteiger partial charge in [-0.15, -0.1) is 11.3 Å². The van der Waals surface area contributed by atoms with Crippen LogP contribution in [0.3, 0.4) is 0 Å². The Kier molecular flexibility index (Phi) is 5.26. The van der Waals surface area contributed by atoms with E-state index in [4.69, 9.17) is 9.84 Å². The summed E-state index contributed by atoms with van der Waals surface area (Å²) in [5.41, 5.74) is 3.80. The molecule has 0 atom stereocenters. The Morgan fingerprint density at radius 2 is 2.14 bits per heavy atom. The summed E-state index contributed by atoms with van der Waals surface area (Å²) in [6, 6.07) is 10.4. The minimum absolute atomic E-state index is 0.271. The highest BCUT2D eigenvalue weighted by molar-refractivity contribution is 7.12. The molecule has 0 spiro atoms. The van der Waals surface area contributed by atoms with Crippen molar-refractivity contribution in [2.24, 2.45) is 5.10 Å². The Balaban J connectivity index is 2.03. The molecule has 0 aliphatic heterocycles. The summed E-state index contributed by atoms with van der Waals surface area (Å²) >= 11 is 1.33. The fourth-order valence-electron chi connectivity index (χ4n) is 1.62. The van der Waals surface area contributed by atoms with E-state index in [0.29, 0.717) is 16.3 Å². The van der Waals surface area contributed by atoms with E-state index in [2.05, 4.69) is 10.5 Å². The summed E-state index contributed by atoms with van der Waals surface area (Å²) in [5.74, 6) is -0.884. The zero-order valence-corrected chi connectivity index (χ0v) is 12.6. The molecule has 1 aromatic heterocycles. The Hall–Kier alpha value is -2.67. The van der Waals surface area contributed by atoms with Crippen LogP contribution in [0.5, 0.6) is 5.75 Å². The van der Waals surface area contributed by atoms with E-state index in [-0.39, 0.29) is 5.91 Å². The number of carboxylic acids is 1. The lowest BCUT2D eigenvalue weighted by Crippen LogP contribution is -2.18. The average molecular weight is 318 g/mol. The molecule has 7 heteroatoms. The van der Waals surface area contributed by atoms with Crippen molar-refractivity contribution in [3.05, 3.63) is 52.2 Å². The van der Waals surface area contributed by atoms with E-state index >= 15 is 0 Å². The summed E-state index contributed by atoms with van der Waals surface area (Å²) in [4.78, 5) is 22.9. The van der Waals surface area contributed by atoms with Gasteiger partial charge in [0, 0.05) is 5.56 Å². The maximum atomic E-state index is 11.8. The third kappa shape index (κ3) is 4.42. The van der Waals surface area contributed by atoms with Crippen molar-refractivity contribution in [2.45, 2.75) is 6.92 Å². The number of benzene rings is 1. The first-order chi connectivity index (χ1) is 10.6. The first kappa shape index (κ1) is 15.7. The fourth-order valence-corrected chi connectivity index (χ4v) is 2.23. The second-order valence-electron chi connectivity index (χ2n) is 4.33. The van der Waals surface area contributed by atoms with Crippen molar-refractivity contribution >= 4 is 28.9 Å². The molecule has 1 aromatic carbocycles. The molecule has 114 valence electrons. The molecule has 2 rings (SSSR count). The van der Waals surface area contributed by atoms with Crippen molar-refractivity contribution < 1.29 is 19.4 Å². The molecule has 2 aromatic rings. The van der Waals surface area contributed by atoms with Gasteiger partial charge >= 0.3 is 5.97 Å². The van der Waals surface area contributed by atoms with Gasteiger partial charge < -0.3 is 9.84 Å². The smallest absolute Gasteiger partial charge is 0.341 e. The average Bonchev–Trinajstić information content (AvgIpc) is 3.05. The molecular formula is C15H14N2O4S. The lowest BCUT2D eigenvalue weighted by atomic mass is 10.1. The predicted molar refractivity (Wildman–Crippen MR) is 83.6 cm³/mol. The van der Waals surface area contributed by atoms with Gasteiger partial charge in [0.2, 0.25) is 0 Å². The van der Waals surface area contributed by atoms with Gasteiger partial charge in [-0.3, -0.25) is 4.79 Å². The summed E-state index contributed by atoms with van der Waals surface area (Å²) in [6.07, 6.45) is 0. The van der Waals surface area contributed by atoms with E-state index in [1.54, 1.807) is 43.3 Å². The quantitative estimate of drug-likeness (QED) is 0.632. The van der Waals surface area contributed by atoms with Crippen molar-refractivity contribution in [3.8, 4) is 5.75 Å². The van der Waals surface area contributed by atoms with Gasteiger partial charge in [-0.25, -0.2) is 10.2 Å². The SMILES string of the molecule is C/C(=N\NC(=O)c1cccs1)c1cccc(OCC(=O)O)c1. The topological polar surface area (TPSA) is 88.0 Å². The van der Waals surface area contributed by atoms with Crippen LogP contribution in [0.15, 0.2) is 46.9 Å². The van der Waals surface area contributed by atoms with Gasteiger partial charge in [0.15, 0.2) is 6.61 Å². The number of thiophene rings is 1. The first-order valence-electron chi connectivity index (χ1n) is 6.39. The predicted octanol–water partition coefficient (Wildman–Crippen LogP) is 2.37. The van der Waals surface area contributed by atoms with Crippen molar-refractivity contribution in [2.75, 3.05) is 6.61 Å². The molecule has 0 aliphatic rings. The van der Waals surface area contributed by atoms with Crippen LogP contribution >= 0.6 is 11.3 Å². The molecule has 1 amide bonds. The number of amides is 1. The van der Waals surface area contributed by atoms with Crippen LogP contribution < -0.4 is 10.2 Å². The number of nitrogens with one attached hydrogen (secondary N) is 1. The van der Waals surface area contributed by atoms with Crippen LogP contribution in [0, 0.1) is 0 Å². The van der Waals surface area contributed by atoms with Gasteiger partial charge in [-0.05, 0) is 30.5 Å². The summed E-state index contributed by atoms with van der Waals surface area (Å²) in [7, 11) is 0. The number of carboxylic acid groups (broad SMARTS) is 1. The van der Waals surface area contributed by atoms with Gasteiger partial charge in [0.25, 0.3) is 5.91 Å². The number of hydrazone groups is 1. The number of hydrogen-bond acceptors (Lipinski definition) is 5. The van der Waals surface area contributed by atoms with Gasteiger partial charge in [-0.1, -0.05) is 18.2 Å². The molecule has 0 radical (unpaired) electrons. The Bertz CT molecular complexity index is 695. The molecule has 0 unspecified atom stereocenters. The number of carbonyl (C=O) groups is 2. The molecule has 2 N–H and O–H groups in total. The Morgan fingerprint density at radius 1 is 1.32 bits per heavy atom. The fraction of sp³-hybridized carbons (Fsp3) is 0.133.